The number of hydrogen-bond acceptors (Lipinski definition) is 4. The number of carbonyl (C=O) groups excluding carboxylic acids is 1. The molecule has 6 heteroatoms. The second kappa shape index (κ2) is 7.07. The summed E-state index contributed by atoms with van der Waals surface area (Å²) >= 11 is 0. The lowest BCUT2D eigenvalue weighted by Gasteiger charge is -2.39. The summed E-state index contributed by atoms with van der Waals surface area (Å²) < 4.78 is 19.0. The van der Waals surface area contributed by atoms with Crippen LogP contribution < -0.4 is 4.74 Å². The largest absolute Gasteiger partial charge is 0.484 e. The van der Waals surface area contributed by atoms with Crippen LogP contribution in [0.1, 0.15) is 19.3 Å². The van der Waals surface area contributed by atoms with Gasteiger partial charge in [-0.15, -0.1) is 0 Å². The Kier molecular flexibility index (Phi) is 4.90. The summed E-state index contributed by atoms with van der Waals surface area (Å²) in [6, 6.07) is 6.34. The molecule has 22 heavy (non-hydrogen) atoms. The fourth-order valence-electron chi connectivity index (χ4n) is 2.64. The van der Waals surface area contributed by atoms with E-state index in [0.717, 1.165) is 26.0 Å². The Balaban J connectivity index is 1.37. The van der Waals surface area contributed by atoms with Gasteiger partial charge in [0.05, 0.1) is 19.7 Å². The maximum Gasteiger partial charge on any atom is 0.224 e. The third kappa shape index (κ3) is 3.75. The fraction of sp³-hybridized carbons (Fsp3) is 0.562. The quantitative estimate of drug-likeness (QED) is 0.832. The predicted molar refractivity (Wildman–Crippen MR) is 78.8 cm³/mol. The molecule has 0 bridgehead atoms. The minimum absolute atomic E-state index is 0.0996. The Bertz CT molecular complexity index is 514. The Hall–Kier alpha value is -1.66. The number of hydroxylamine groups is 2. The van der Waals surface area contributed by atoms with Gasteiger partial charge in [-0.1, -0.05) is 12.1 Å². The smallest absolute Gasteiger partial charge is 0.224 e. The van der Waals surface area contributed by atoms with Crippen LogP contribution in [0.4, 0.5) is 4.39 Å². The molecule has 2 saturated heterocycles. The van der Waals surface area contributed by atoms with Gasteiger partial charge in [-0.25, -0.2) is 4.39 Å². The summed E-state index contributed by atoms with van der Waals surface area (Å²) in [6.45, 7) is 3.32. The van der Waals surface area contributed by atoms with E-state index in [1.165, 1.54) is 6.07 Å². The van der Waals surface area contributed by atoms with Gasteiger partial charge in [0.25, 0.3) is 0 Å². The molecular weight excluding hydrogens is 287 g/mol. The third-order valence-electron chi connectivity index (χ3n) is 3.98. The molecule has 2 heterocycles. The van der Waals surface area contributed by atoms with Crippen molar-refractivity contribution < 1.29 is 18.8 Å². The maximum absolute atomic E-state index is 13.5. The number of benzene rings is 1. The van der Waals surface area contributed by atoms with Crippen LogP contribution in [0.5, 0.6) is 5.75 Å². The number of likely N-dealkylation sites (tertiary alicyclic amines) is 1. The zero-order valence-electron chi connectivity index (χ0n) is 12.5. The van der Waals surface area contributed by atoms with E-state index < -0.39 is 0 Å². The van der Waals surface area contributed by atoms with Gasteiger partial charge in [0, 0.05) is 19.5 Å². The highest BCUT2D eigenvalue weighted by molar-refractivity contribution is 5.77. The van der Waals surface area contributed by atoms with Crippen molar-refractivity contribution in [1.82, 2.24) is 9.96 Å². The highest BCUT2D eigenvalue weighted by Crippen LogP contribution is 2.21. The number of halogens is 1. The van der Waals surface area contributed by atoms with E-state index in [1.807, 2.05) is 5.06 Å². The van der Waals surface area contributed by atoms with E-state index in [2.05, 4.69) is 0 Å². The van der Waals surface area contributed by atoms with E-state index in [-0.39, 0.29) is 23.6 Å². The van der Waals surface area contributed by atoms with E-state index in [4.69, 9.17) is 9.57 Å². The van der Waals surface area contributed by atoms with Crippen LogP contribution in [0, 0.1) is 5.82 Å². The van der Waals surface area contributed by atoms with E-state index in [1.54, 1.807) is 23.1 Å². The molecule has 0 spiro atoms. The van der Waals surface area contributed by atoms with Gasteiger partial charge in [0.15, 0.2) is 11.6 Å². The second-order valence-electron chi connectivity index (χ2n) is 5.69. The average Bonchev–Trinajstić information content (AvgIpc) is 2.51. The Morgan fingerprint density at radius 2 is 2.14 bits per heavy atom. The first-order valence-electron chi connectivity index (χ1n) is 7.79. The molecule has 0 aromatic heterocycles. The van der Waals surface area contributed by atoms with Crippen molar-refractivity contribution in [3.05, 3.63) is 30.1 Å². The Morgan fingerprint density at radius 1 is 1.32 bits per heavy atom. The summed E-state index contributed by atoms with van der Waals surface area (Å²) in [5, 5.41) is 1.87. The highest BCUT2D eigenvalue weighted by atomic mass is 19.1. The molecule has 1 aromatic carbocycles. The topological polar surface area (TPSA) is 42.0 Å². The zero-order valence-corrected chi connectivity index (χ0v) is 12.5. The summed E-state index contributed by atoms with van der Waals surface area (Å²) in [5.41, 5.74) is 0. The molecule has 120 valence electrons. The lowest BCUT2D eigenvalue weighted by Crippen LogP contribution is -2.56. The zero-order chi connectivity index (χ0) is 15.4. The van der Waals surface area contributed by atoms with Gasteiger partial charge < -0.3 is 9.64 Å². The molecule has 0 unspecified atom stereocenters. The van der Waals surface area contributed by atoms with Gasteiger partial charge in [0.1, 0.15) is 6.10 Å². The third-order valence-corrected chi connectivity index (χ3v) is 3.98. The van der Waals surface area contributed by atoms with Crippen molar-refractivity contribution in [3.63, 3.8) is 0 Å². The maximum atomic E-state index is 13.5. The van der Waals surface area contributed by atoms with Gasteiger partial charge in [-0.3, -0.25) is 9.63 Å². The van der Waals surface area contributed by atoms with Gasteiger partial charge in [-0.05, 0) is 25.0 Å². The Labute approximate surface area is 129 Å². The van der Waals surface area contributed by atoms with Crippen LogP contribution >= 0.6 is 0 Å². The summed E-state index contributed by atoms with van der Waals surface area (Å²) in [4.78, 5) is 19.3. The first-order valence-corrected chi connectivity index (χ1v) is 7.79. The van der Waals surface area contributed by atoms with Crippen molar-refractivity contribution in [2.75, 3.05) is 32.8 Å². The van der Waals surface area contributed by atoms with Crippen molar-refractivity contribution in [3.8, 4) is 5.75 Å². The van der Waals surface area contributed by atoms with E-state index >= 15 is 0 Å². The fourth-order valence-corrected chi connectivity index (χ4v) is 2.64. The number of carbonyl (C=O) groups is 1. The molecule has 0 radical (unpaired) electrons. The number of ether oxygens (including phenoxy) is 1. The van der Waals surface area contributed by atoms with Crippen LogP contribution in [0.2, 0.25) is 0 Å². The molecular formula is C16H21FN2O3. The van der Waals surface area contributed by atoms with Gasteiger partial charge in [-0.2, -0.15) is 5.06 Å². The molecule has 5 nitrogen and oxygen atoms in total. The number of para-hydroxylation sites is 1. The number of hydrogen-bond donors (Lipinski definition) is 0. The lowest BCUT2D eigenvalue weighted by atomic mass is 10.1. The van der Waals surface area contributed by atoms with Gasteiger partial charge >= 0.3 is 0 Å². The molecule has 3 rings (SSSR count). The van der Waals surface area contributed by atoms with E-state index in [0.29, 0.717) is 26.1 Å². The molecule has 0 atom stereocenters. The van der Waals surface area contributed by atoms with Crippen LogP contribution in [0.15, 0.2) is 24.3 Å². The number of amides is 1. The number of nitrogens with zero attached hydrogens (tertiary/aromatic N) is 2. The lowest BCUT2D eigenvalue weighted by molar-refractivity contribution is -0.183. The predicted octanol–water partition coefficient (Wildman–Crippen LogP) is 1.83. The van der Waals surface area contributed by atoms with Crippen molar-refractivity contribution in [2.24, 2.45) is 0 Å². The summed E-state index contributed by atoms with van der Waals surface area (Å²) in [6.07, 6.45) is 2.54. The van der Waals surface area contributed by atoms with Crippen molar-refractivity contribution in [1.29, 1.82) is 0 Å². The minimum Gasteiger partial charge on any atom is -0.484 e. The summed E-state index contributed by atoms with van der Waals surface area (Å²) in [5.74, 6) is -0.0154. The summed E-state index contributed by atoms with van der Waals surface area (Å²) in [7, 11) is 0. The van der Waals surface area contributed by atoms with Gasteiger partial charge in [0.2, 0.25) is 5.91 Å². The average molecular weight is 308 g/mol. The van der Waals surface area contributed by atoms with Crippen LogP contribution in [-0.2, 0) is 9.63 Å². The molecule has 2 aliphatic rings. The molecule has 2 aliphatic heterocycles. The first-order chi connectivity index (χ1) is 10.7. The molecule has 2 fully saturated rings. The monoisotopic (exact) mass is 308 g/mol. The van der Waals surface area contributed by atoms with Crippen LogP contribution in [0.3, 0.4) is 0 Å². The molecule has 1 amide bonds. The SMILES string of the molecule is O=C(CCN1CCCCO1)N1CC(Oc2ccccc2F)C1. The van der Waals surface area contributed by atoms with Crippen molar-refractivity contribution >= 4 is 5.91 Å². The Morgan fingerprint density at radius 3 is 2.86 bits per heavy atom. The minimum atomic E-state index is -0.366. The van der Waals surface area contributed by atoms with Crippen molar-refractivity contribution in [2.45, 2.75) is 25.4 Å². The molecule has 0 N–H and O–H groups in total. The molecule has 0 saturated carbocycles. The standard InChI is InChI=1S/C16H21FN2O3/c17-14-5-1-2-6-15(14)22-13-11-18(12-13)16(20)7-9-19-8-3-4-10-21-19/h1-2,5-6,13H,3-4,7-12H2. The number of rotatable bonds is 5. The highest BCUT2D eigenvalue weighted by Gasteiger charge is 2.32. The van der Waals surface area contributed by atoms with Crippen LogP contribution in [0.25, 0.3) is 0 Å². The molecule has 1 aromatic rings. The normalized spacial score (nSPS) is 19.8. The molecule has 0 aliphatic carbocycles. The van der Waals surface area contributed by atoms with Crippen LogP contribution in [-0.4, -0.2) is 54.8 Å². The van der Waals surface area contributed by atoms with E-state index in [9.17, 15) is 9.18 Å². The second-order valence-corrected chi connectivity index (χ2v) is 5.69. The first kappa shape index (κ1) is 15.2.